The van der Waals surface area contributed by atoms with Crippen molar-refractivity contribution < 1.29 is 24.4 Å². The molecule has 0 bridgehead atoms. The summed E-state index contributed by atoms with van der Waals surface area (Å²) in [6, 6.07) is 0. The van der Waals surface area contributed by atoms with Gasteiger partial charge in [0.05, 0.1) is 6.61 Å². The molecule has 1 saturated heterocycles. The molecule has 18 heavy (non-hydrogen) atoms. The molecular weight excluding hydrogens is 236 g/mol. The Balaban J connectivity index is 2.32. The monoisotopic (exact) mass is 262 g/mol. The first-order valence-electron chi connectivity index (χ1n) is 6.91. The molecule has 0 radical (unpaired) electrons. The molecule has 1 aliphatic heterocycles. The zero-order chi connectivity index (χ0) is 13.4. The molecule has 5 nitrogen and oxygen atoms in total. The van der Waals surface area contributed by atoms with Crippen LogP contribution >= 0.6 is 0 Å². The molecule has 0 aromatic carbocycles. The molecule has 108 valence electrons. The first-order valence-corrected chi connectivity index (χ1v) is 6.91. The molecule has 0 spiro atoms. The summed E-state index contributed by atoms with van der Waals surface area (Å²) in [6.45, 7) is 5.76. The van der Waals surface area contributed by atoms with Gasteiger partial charge in [0.15, 0.2) is 6.29 Å². The van der Waals surface area contributed by atoms with Gasteiger partial charge in [-0.25, -0.2) is 0 Å². The molecule has 1 unspecified atom stereocenters. The standard InChI is InChI=1S/C13H26O5/c1-3-5-7-16-9-10-12(17-8-6-4-2)11(14)13(15)18-10/h10-15H,3-9H2,1-2H3/t10-,11-,12-,13?/m1/s1. The van der Waals surface area contributed by atoms with Crippen LogP contribution in [0, 0.1) is 0 Å². The maximum absolute atomic E-state index is 9.77. The van der Waals surface area contributed by atoms with Gasteiger partial charge < -0.3 is 24.4 Å². The summed E-state index contributed by atoms with van der Waals surface area (Å²) in [5.41, 5.74) is 0. The van der Waals surface area contributed by atoms with E-state index in [2.05, 4.69) is 13.8 Å². The van der Waals surface area contributed by atoms with Crippen molar-refractivity contribution >= 4 is 0 Å². The maximum atomic E-state index is 9.77. The molecule has 1 aliphatic rings. The normalized spacial score (nSPS) is 32.0. The van der Waals surface area contributed by atoms with Gasteiger partial charge in [0.2, 0.25) is 0 Å². The molecule has 0 saturated carbocycles. The molecule has 1 heterocycles. The SMILES string of the molecule is CCCCOC[C@H]1OC(O)[C@H](O)[C@@H]1OCCCC. The number of unbranched alkanes of at least 4 members (excludes halogenated alkanes) is 2. The minimum absolute atomic E-state index is 0.352. The van der Waals surface area contributed by atoms with Gasteiger partial charge in [-0.05, 0) is 12.8 Å². The Kier molecular flexibility index (Phi) is 7.77. The Bertz CT molecular complexity index is 212. The largest absolute Gasteiger partial charge is 0.385 e. The van der Waals surface area contributed by atoms with E-state index < -0.39 is 18.5 Å². The quantitative estimate of drug-likeness (QED) is 0.608. The fraction of sp³-hybridized carbons (Fsp3) is 1.00. The third-order valence-electron chi connectivity index (χ3n) is 3.04. The Labute approximate surface area is 109 Å². The highest BCUT2D eigenvalue weighted by molar-refractivity contribution is 4.87. The van der Waals surface area contributed by atoms with E-state index in [-0.39, 0.29) is 6.10 Å². The highest BCUT2D eigenvalue weighted by Gasteiger charge is 2.43. The van der Waals surface area contributed by atoms with Crippen LogP contribution < -0.4 is 0 Å². The van der Waals surface area contributed by atoms with Gasteiger partial charge in [-0.15, -0.1) is 0 Å². The van der Waals surface area contributed by atoms with Gasteiger partial charge >= 0.3 is 0 Å². The van der Waals surface area contributed by atoms with E-state index in [9.17, 15) is 10.2 Å². The zero-order valence-electron chi connectivity index (χ0n) is 11.4. The van der Waals surface area contributed by atoms with Crippen molar-refractivity contribution in [2.45, 2.75) is 64.1 Å². The van der Waals surface area contributed by atoms with Crippen molar-refractivity contribution in [3.8, 4) is 0 Å². The number of aliphatic hydroxyl groups is 2. The van der Waals surface area contributed by atoms with E-state index in [0.29, 0.717) is 19.8 Å². The molecule has 5 heteroatoms. The summed E-state index contributed by atoms with van der Waals surface area (Å²) >= 11 is 0. The fourth-order valence-corrected chi connectivity index (χ4v) is 1.87. The molecule has 4 atom stereocenters. The van der Waals surface area contributed by atoms with Crippen LogP contribution in [-0.4, -0.2) is 54.6 Å². The number of ether oxygens (including phenoxy) is 3. The minimum Gasteiger partial charge on any atom is -0.385 e. The summed E-state index contributed by atoms with van der Waals surface area (Å²) in [5, 5.41) is 19.3. The van der Waals surface area contributed by atoms with Crippen LogP contribution in [0.2, 0.25) is 0 Å². The lowest BCUT2D eigenvalue weighted by Crippen LogP contribution is -2.37. The van der Waals surface area contributed by atoms with Gasteiger partial charge in [-0.2, -0.15) is 0 Å². The Hall–Kier alpha value is -0.200. The lowest BCUT2D eigenvalue weighted by atomic mass is 10.1. The summed E-state index contributed by atoms with van der Waals surface area (Å²) in [5.74, 6) is 0. The molecular formula is C13H26O5. The van der Waals surface area contributed by atoms with E-state index in [4.69, 9.17) is 14.2 Å². The summed E-state index contributed by atoms with van der Waals surface area (Å²) < 4.78 is 16.3. The van der Waals surface area contributed by atoms with Crippen LogP contribution in [0.15, 0.2) is 0 Å². The van der Waals surface area contributed by atoms with Crippen molar-refractivity contribution in [3.63, 3.8) is 0 Å². The predicted octanol–water partition coefficient (Wildman–Crippen LogP) is 1.07. The van der Waals surface area contributed by atoms with Crippen LogP contribution in [0.4, 0.5) is 0 Å². The minimum atomic E-state index is -1.17. The van der Waals surface area contributed by atoms with Gasteiger partial charge in [0, 0.05) is 13.2 Å². The topological polar surface area (TPSA) is 68.2 Å². The van der Waals surface area contributed by atoms with Gasteiger partial charge in [-0.3, -0.25) is 0 Å². The molecule has 0 aromatic rings. The third-order valence-corrected chi connectivity index (χ3v) is 3.04. The van der Waals surface area contributed by atoms with Crippen LogP contribution in [-0.2, 0) is 14.2 Å². The molecule has 1 rings (SSSR count). The smallest absolute Gasteiger partial charge is 0.184 e. The van der Waals surface area contributed by atoms with Gasteiger partial charge in [0.25, 0.3) is 0 Å². The van der Waals surface area contributed by atoms with E-state index in [1.165, 1.54) is 0 Å². The Morgan fingerprint density at radius 2 is 1.72 bits per heavy atom. The van der Waals surface area contributed by atoms with Crippen molar-refractivity contribution in [2.24, 2.45) is 0 Å². The Morgan fingerprint density at radius 1 is 1.06 bits per heavy atom. The summed E-state index contributed by atoms with van der Waals surface area (Å²) in [4.78, 5) is 0. The first kappa shape index (κ1) is 15.9. The average Bonchev–Trinajstić information content (AvgIpc) is 2.63. The predicted molar refractivity (Wildman–Crippen MR) is 67.3 cm³/mol. The van der Waals surface area contributed by atoms with E-state index in [0.717, 1.165) is 25.7 Å². The van der Waals surface area contributed by atoms with Crippen molar-refractivity contribution in [3.05, 3.63) is 0 Å². The second kappa shape index (κ2) is 8.82. The molecule has 2 N–H and O–H groups in total. The summed E-state index contributed by atoms with van der Waals surface area (Å²) in [7, 11) is 0. The van der Waals surface area contributed by atoms with Crippen molar-refractivity contribution in [1.29, 1.82) is 0 Å². The first-order chi connectivity index (χ1) is 8.70. The Morgan fingerprint density at radius 3 is 2.39 bits per heavy atom. The second-order valence-corrected chi connectivity index (χ2v) is 4.67. The van der Waals surface area contributed by atoms with Crippen molar-refractivity contribution in [2.75, 3.05) is 19.8 Å². The lowest BCUT2D eigenvalue weighted by Gasteiger charge is -2.20. The fourth-order valence-electron chi connectivity index (χ4n) is 1.87. The lowest BCUT2D eigenvalue weighted by molar-refractivity contribution is -0.137. The number of rotatable bonds is 9. The maximum Gasteiger partial charge on any atom is 0.184 e. The van der Waals surface area contributed by atoms with E-state index in [1.807, 2.05) is 0 Å². The van der Waals surface area contributed by atoms with E-state index in [1.54, 1.807) is 0 Å². The number of hydrogen-bond donors (Lipinski definition) is 2. The van der Waals surface area contributed by atoms with Crippen LogP contribution in [0.25, 0.3) is 0 Å². The molecule has 0 aliphatic carbocycles. The molecule has 0 amide bonds. The van der Waals surface area contributed by atoms with Gasteiger partial charge in [-0.1, -0.05) is 26.7 Å². The average molecular weight is 262 g/mol. The van der Waals surface area contributed by atoms with Crippen molar-refractivity contribution in [1.82, 2.24) is 0 Å². The second-order valence-electron chi connectivity index (χ2n) is 4.67. The number of hydrogen-bond acceptors (Lipinski definition) is 5. The van der Waals surface area contributed by atoms with Crippen LogP contribution in [0.3, 0.4) is 0 Å². The van der Waals surface area contributed by atoms with Crippen LogP contribution in [0.5, 0.6) is 0 Å². The zero-order valence-corrected chi connectivity index (χ0v) is 11.4. The number of aliphatic hydroxyl groups excluding tert-OH is 2. The highest BCUT2D eigenvalue weighted by Crippen LogP contribution is 2.23. The van der Waals surface area contributed by atoms with Gasteiger partial charge in [0.1, 0.15) is 18.3 Å². The highest BCUT2D eigenvalue weighted by atomic mass is 16.7. The summed E-state index contributed by atoms with van der Waals surface area (Å²) in [6.07, 6.45) is 1.01. The third kappa shape index (κ3) is 4.82. The molecule has 1 fully saturated rings. The van der Waals surface area contributed by atoms with Crippen LogP contribution in [0.1, 0.15) is 39.5 Å². The molecule has 0 aromatic heterocycles. The van der Waals surface area contributed by atoms with E-state index >= 15 is 0 Å².